The molecule has 0 spiro atoms. The number of carbonyl (C=O) groups is 1. The van der Waals surface area contributed by atoms with Crippen LogP contribution in [0.5, 0.6) is 0 Å². The molecule has 12 nitrogen and oxygen atoms in total. The second kappa shape index (κ2) is 8.99. The number of pyridine rings is 1. The first-order valence-electron chi connectivity index (χ1n) is 9.85. The van der Waals surface area contributed by atoms with E-state index in [2.05, 4.69) is 20.3 Å². The van der Waals surface area contributed by atoms with Crippen LogP contribution in [0.4, 0.5) is 29.1 Å². The van der Waals surface area contributed by atoms with Crippen molar-refractivity contribution in [3.05, 3.63) is 39.7 Å². The molecule has 2 aliphatic heterocycles. The van der Waals surface area contributed by atoms with E-state index >= 15 is 0 Å². The Hall–Kier alpha value is -3.03. The van der Waals surface area contributed by atoms with Crippen LogP contribution in [0.1, 0.15) is 0 Å². The number of carbonyl (C=O) groups excluding carboxylic acids is 1. The summed E-state index contributed by atoms with van der Waals surface area (Å²) in [4.78, 5) is 38.9. The van der Waals surface area contributed by atoms with Crippen molar-refractivity contribution in [2.24, 2.45) is 0 Å². The summed E-state index contributed by atoms with van der Waals surface area (Å²) in [6.45, 7) is 2.29. The van der Waals surface area contributed by atoms with Crippen LogP contribution in [0, 0.1) is 15.3 Å². The zero-order valence-corrected chi connectivity index (χ0v) is 17.5. The van der Waals surface area contributed by atoms with Crippen molar-refractivity contribution >= 4 is 47.3 Å². The smallest absolute Gasteiger partial charge is 0.392 e. The molecule has 2 fully saturated rings. The van der Waals surface area contributed by atoms with Gasteiger partial charge in [0.2, 0.25) is 18.2 Å². The third-order valence-electron chi connectivity index (χ3n) is 5.27. The molecule has 1 amide bonds. The summed E-state index contributed by atoms with van der Waals surface area (Å²) in [5, 5.41) is 28.5. The maximum atomic E-state index is 13.6. The summed E-state index contributed by atoms with van der Waals surface area (Å²) >= 11 is 1.64. The number of amides is 1. The van der Waals surface area contributed by atoms with Gasteiger partial charge in [0.25, 0.3) is 0 Å². The van der Waals surface area contributed by atoms with Gasteiger partial charge in [-0.25, -0.2) is 4.98 Å². The number of piperazine rings is 1. The van der Waals surface area contributed by atoms with E-state index < -0.39 is 15.3 Å². The van der Waals surface area contributed by atoms with Gasteiger partial charge in [0.1, 0.15) is 5.82 Å². The average Bonchev–Trinajstić information content (AvgIpc) is 2.79. The minimum Gasteiger partial charge on any atom is -0.626 e. The van der Waals surface area contributed by atoms with Crippen LogP contribution in [0.25, 0.3) is 0 Å². The summed E-state index contributed by atoms with van der Waals surface area (Å²) in [6, 6.07) is 5.13. The van der Waals surface area contributed by atoms with Crippen molar-refractivity contribution < 1.29 is 9.72 Å². The molecule has 0 atom stereocenters. The molecule has 164 valence electrons. The highest BCUT2D eigenvalue weighted by molar-refractivity contribution is 7.99. The van der Waals surface area contributed by atoms with E-state index in [0.29, 0.717) is 43.5 Å². The Kier molecular flexibility index (Phi) is 6.15. The number of hydroxylamine groups is 2. The van der Waals surface area contributed by atoms with Gasteiger partial charge >= 0.3 is 11.5 Å². The molecular formula is C18H22N8O4S. The summed E-state index contributed by atoms with van der Waals surface area (Å²) in [6.07, 6.45) is 2.34. The van der Waals surface area contributed by atoms with E-state index in [9.17, 15) is 20.1 Å². The number of aromatic nitrogens is 3. The lowest BCUT2D eigenvalue weighted by Crippen LogP contribution is -2.51. The maximum Gasteiger partial charge on any atom is 0.392 e. The minimum absolute atomic E-state index is 0.0620. The molecular weight excluding hydrogens is 424 g/mol. The Bertz CT molecular complexity index is 949. The normalized spacial score (nSPS) is 18.5. The van der Waals surface area contributed by atoms with Crippen LogP contribution in [0.2, 0.25) is 0 Å². The lowest BCUT2D eigenvalue weighted by atomic mass is 10.3. The number of nitro groups is 1. The third kappa shape index (κ3) is 4.52. The third-order valence-corrected chi connectivity index (χ3v) is 6.22. The number of hydrogen-bond acceptors (Lipinski definition) is 10. The molecule has 0 aliphatic carbocycles. The molecule has 0 aromatic carbocycles. The zero-order chi connectivity index (χ0) is 21.8. The van der Waals surface area contributed by atoms with Gasteiger partial charge in [0.15, 0.2) is 0 Å². The Balaban J connectivity index is 1.80. The Morgan fingerprint density at radius 3 is 2.52 bits per heavy atom. The van der Waals surface area contributed by atoms with Gasteiger partial charge < -0.3 is 25.0 Å². The molecule has 2 saturated heterocycles. The van der Waals surface area contributed by atoms with E-state index in [4.69, 9.17) is 0 Å². The van der Waals surface area contributed by atoms with Crippen LogP contribution in [0.3, 0.4) is 0 Å². The summed E-state index contributed by atoms with van der Waals surface area (Å²) in [5.74, 6) is 1.59. The monoisotopic (exact) mass is 446 g/mol. The number of thioether (sulfide) groups is 1. The highest BCUT2D eigenvalue weighted by Gasteiger charge is 2.39. The molecule has 13 heteroatoms. The van der Waals surface area contributed by atoms with Crippen molar-refractivity contribution in [2.45, 2.75) is 0 Å². The van der Waals surface area contributed by atoms with Gasteiger partial charge in [-0.1, -0.05) is 6.07 Å². The Morgan fingerprint density at radius 1 is 1.16 bits per heavy atom. The van der Waals surface area contributed by atoms with Crippen LogP contribution in [0.15, 0.2) is 24.4 Å². The largest absolute Gasteiger partial charge is 0.626 e. The molecule has 0 unspecified atom stereocenters. The van der Waals surface area contributed by atoms with Gasteiger partial charge in [-0.2, -0.15) is 21.7 Å². The highest BCUT2D eigenvalue weighted by atomic mass is 32.2. The van der Waals surface area contributed by atoms with Gasteiger partial charge in [-0.3, -0.25) is 14.9 Å². The quantitative estimate of drug-likeness (QED) is 0.227. The summed E-state index contributed by atoms with van der Waals surface area (Å²) in [7, 11) is 0. The first-order chi connectivity index (χ1) is 15.0. The van der Waals surface area contributed by atoms with Gasteiger partial charge in [-0.15, -0.1) is 0 Å². The van der Waals surface area contributed by atoms with Gasteiger partial charge in [0.05, 0.1) is 18.0 Å². The zero-order valence-electron chi connectivity index (χ0n) is 16.7. The van der Waals surface area contributed by atoms with Crippen molar-refractivity contribution in [2.75, 3.05) is 61.0 Å². The predicted molar refractivity (Wildman–Crippen MR) is 118 cm³/mol. The number of rotatable bonds is 6. The van der Waals surface area contributed by atoms with E-state index in [1.54, 1.807) is 41.1 Å². The first kappa shape index (κ1) is 21.2. The number of hydrogen-bond donors (Lipinski definition) is 1. The second-order valence-electron chi connectivity index (χ2n) is 7.22. The number of nitrogens with zero attached hydrogens (tertiary/aromatic N) is 7. The van der Waals surface area contributed by atoms with Gasteiger partial charge in [-0.05, 0) is 12.1 Å². The lowest BCUT2D eigenvalue weighted by Gasteiger charge is -2.43. The van der Waals surface area contributed by atoms with Gasteiger partial charge in [0, 0.05) is 43.9 Å². The predicted octanol–water partition coefficient (Wildman–Crippen LogP) is 1.35. The molecule has 2 aromatic heterocycles. The van der Waals surface area contributed by atoms with Crippen LogP contribution >= 0.6 is 11.8 Å². The first-order valence-corrected chi connectivity index (χ1v) is 11.0. The molecule has 4 heterocycles. The average molecular weight is 446 g/mol. The van der Waals surface area contributed by atoms with E-state index in [-0.39, 0.29) is 30.7 Å². The van der Waals surface area contributed by atoms with Crippen molar-refractivity contribution in [3.63, 3.8) is 0 Å². The van der Waals surface area contributed by atoms with E-state index in [0.717, 1.165) is 6.41 Å². The molecule has 4 rings (SSSR count). The molecule has 0 saturated carbocycles. The van der Waals surface area contributed by atoms with E-state index in [1.165, 1.54) is 0 Å². The molecule has 31 heavy (non-hydrogen) atoms. The standard InChI is InChI=1S/C18H22N8O4S/c27-13-23-5-7-24(8-6-23)18-21-16(20-14-3-1-2-4-19-14)15(25(28)29)17(22-18)26(30)9-11-31-12-10-26/h1-4,13H,5-12H2,(H,19,20,21,22). The fraction of sp³-hybridized carbons (Fsp3) is 0.444. The number of anilines is 3. The Labute approximate surface area is 182 Å². The summed E-state index contributed by atoms with van der Waals surface area (Å²) < 4.78 is -0.871. The van der Waals surface area contributed by atoms with Crippen LogP contribution in [-0.4, -0.2) is 82.0 Å². The SMILES string of the molecule is O=CN1CCN(c2nc(Nc3ccccn3)c([N+](=O)[O-])c([N+]3([O-])CCSCC3)n2)CC1. The summed E-state index contributed by atoms with van der Waals surface area (Å²) in [5.41, 5.74) is -0.428. The van der Waals surface area contributed by atoms with Crippen LogP contribution in [-0.2, 0) is 4.79 Å². The second-order valence-corrected chi connectivity index (χ2v) is 8.44. The van der Waals surface area contributed by atoms with Crippen molar-refractivity contribution in [3.8, 4) is 0 Å². The topological polar surface area (TPSA) is 140 Å². The van der Waals surface area contributed by atoms with Crippen molar-refractivity contribution in [1.82, 2.24) is 24.5 Å². The molecule has 1 N–H and O–H groups in total. The lowest BCUT2D eigenvalue weighted by molar-refractivity contribution is -0.384. The minimum atomic E-state index is -0.871. The number of nitrogens with one attached hydrogen (secondary N) is 1. The molecule has 0 radical (unpaired) electrons. The molecule has 2 aromatic rings. The van der Waals surface area contributed by atoms with Crippen molar-refractivity contribution in [1.29, 1.82) is 0 Å². The highest BCUT2D eigenvalue weighted by Crippen LogP contribution is 2.40. The Morgan fingerprint density at radius 2 is 1.90 bits per heavy atom. The fourth-order valence-corrected chi connectivity index (χ4v) is 4.60. The molecule has 0 bridgehead atoms. The maximum absolute atomic E-state index is 13.6. The number of quaternary nitrogens is 1. The molecule has 2 aliphatic rings. The van der Waals surface area contributed by atoms with E-state index in [1.807, 2.05) is 4.90 Å². The van der Waals surface area contributed by atoms with Crippen LogP contribution < -0.4 is 14.9 Å². The fourth-order valence-electron chi connectivity index (χ4n) is 3.55.